The molecule has 1 N–H and O–H groups in total. The number of aromatic nitrogens is 2. The molecule has 0 radical (unpaired) electrons. The summed E-state index contributed by atoms with van der Waals surface area (Å²) in [5.41, 5.74) is 3.10. The van der Waals surface area contributed by atoms with Crippen LogP contribution in [0.1, 0.15) is 11.5 Å². The van der Waals surface area contributed by atoms with Gasteiger partial charge < -0.3 is 19.3 Å². The Morgan fingerprint density at radius 2 is 2.04 bits per heavy atom. The van der Waals surface area contributed by atoms with Crippen LogP contribution in [-0.4, -0.2) is 34.7 Å². The van der Waals surface area contributed by atoms with Gasteiger partial charge in [-0.15, -0.1) is 0 Å². The summed E-state index contributed by atoms with van der Waals surface area (Å²) in [7, 11) is 5.83. The van der Waals surface area contributed by atoms with E-state index in [1.165, 1.54) is 5.69 Å². The minimum absolute atomic E-state index is 0.532. The Morgan fingerprint density at radius 3 is 2.72 bits per heavy atom. The highest BCUT2D eigenvalue weighted by Gasteiger charge is 2.11. The van der Waals surface area contributed by atoms with Crippen LogP contribution in [0.4, 0.5) is 0 Å². The normalized spacial score (nSPS) is 11.6. The zero-order chi connectivity index (χ0) is 17.6. The van der Waals surface area contributed by atoms with Crippen molar-refractivity contribution < 1.29 is 4.52 Å². The van der Waals surface area contributed by atoms with Gasteiger partial charge in [-0.1, -0.05) is 35.5 Å². The van der Waals surface area contributed by atoms with Gasteiger partial charge in [0.25, 0.3) is 0 Å². The Morgan fingerprint density at radius 1 is 1.24 bits per heavy atom. The predicted molar refractivity (Wildman–Crippen MR) is 99.0 cm³/mol. The largest absolute Gasteiger partial charge is 0.359 e. The van der Waals surface area contributed by atoms with Crippen LogP contribution in [-0.2, 0) is 20.1 Å². The third-order valence-electron chi connectivity index (χ3n) is 4.07. The molecule has 25 heavy (non-hydrogen) atoms. The number of aryl methyl sites for hydroxylation is 1. The third-order valence-corrected chi connectivity index (χ3v) is 4.07. The van der Waals surface area contributed by atoms with E-state index in [2.05, 4.69) is 31.0 Å². The van der Waals surface area contributed by atoms with Crippen molar-refractivity contribution in [1.82, 2.24) is 19.9 Å². The summed E-state index contributed by atoms with van der Waals surface area (Å²) < 4.78 is 7.53. The summed E-state index contributed by atoms with van der Waals surface area (Å²) in [5, 5.41) is 7.45. The van der Waals surface area contributed by atoms with Crippen LogP contribution in [0, 0.1) is 0 Å². The lowest BCUT2D eigenvalue weighted by molar-refractivity contribution is 0.377. The fraction of sp³-hybridized carbons (Fsp3) is 0.263. The smallest absolute Gasteiger partial charge is 0.194 e. The third kappa shape index (κ3) is 4.09. The minimum Gasteiger partial charge on any atom is -0.359 e. The molecule has 0 atom stereocenters. The SMILES string of the molecule is CN=C(NCc1cc(-c2ccccc2)no1)N(C)Cc1cccn1C. The maximum atomic E-state index is 5.43. The molecule has 0 aliphatic carbocycles. The van der Waals surface area contributed by atoms with Gasteiger partial charge in [0.2, 0.25) is 0 Å². The van der Waals surface area contributed by atoms with Gasteiger partial charge in [-0.2, -0.15) is 0 Å². The standard InChI is InChI=1S/C19H23N5O/c1-20-19(24(3)14-16-10-7-11-23(16)2)21-13-17-12-18(22-25-17)15-8-5-4-6-9-15/h4-12H,13-14H2,1-3H3,(H,20,21). The average Bonchev–Trinajstić information content (AvgIpc) is 3.26. The first-order valence-corrected chi connectivity index (χ1v) is 8.20. The fourth-order valence-corrected chi connectivity index (χ4v) is 2.67. The van der Waals surface area contributed by atoms with Crippen molar-refractivity contribution in [1.29, 1.82) is 0 Å². The van der Waals surface area contributed by atoms with Gasteiger partial charge in [-0.3, -0.25) is 4.99 Å². The van der Waals surface area contributed by atoms with Crippen molar-refractivity contribution >= 4 is 5.96 Å². The first kappa shape index (κ1) is 16.8. The summed E-state index contributed by atoms with van der Waals surface area (Å²) >= 11 is 0. The number of hydrogen-bond acceptors (Lipinski definition) is 3. The lowest BCUT2D eigenvalue weighted by Gasteiger charge is -2.21. The zero-order valence-electron chi connectivity index (χ0n) is 14.8. The molecule has 0 saturated heterocycles. The highest BCUT2D eigenvalue weighted by atomic mass is 16.5. The van der Waals surface area contributed by atoms with E-state index in [4.69, 9.17) is 4.52 Å². The highest BCUT2D eigenvalue weighted by molar-refractivity contribution is 5.79. The van der Waals surface area contributed by atoms with Crippen molar-refractivity contribution in [2.24, 2.45) is 12.0 Å². The Bertz CT molecular complexity index is 834. The van der Waals surface area contributed by atoms with Crippen LogP contribution in [0.3, 0.4) is 0 Å². The van der Waals surface area contributed by atoms with Gasteiger partial charge in [0.05, 0.1) is 13.1 Å². The molecule has 0 spiro atoms. The molecule has 0 aliphatic heterocycles. The number of guanidine groups is 1. The number of hydrogen-bond donors (Lipinski definition) is 1. The number of aliphatic imine (C=N–C) groups is 1. The molecule has 130 valence electrons. The van der Waals surface area contributed by atoms with Crippen LogP contribution in [0.5, 0.6) is 0 Å². The molecule has 0 amide bonds. The molecule has 0 bridgehead atoms. The Kier molecular flexibility index (Phi) is 5.18. The second kappa shape index (κ2) is 7.70. The van der Waals surface area contributed by atoms with E-state index in [1.54, 1.807) is 7.05 Å². The van der Waals surface area contributed by atoms with E-state index in [9.17, 15) is 0 Å². The van der Waals surface area contributed by atoms with Crippen molar-refractivity contribution in [3.8, 4) is 11.3 Å². The Labute approximate surface area is 147 Å². The monoisotopic (exact) mass is 337 g/mol. The summed E-state index contributed by atoms with van der Waals surface area (Å²) in [6.07, 6.45) is 2.04. The molecule has 6 heteroatoms. The molecular formula is C19H23N5O. The molecule has 0 saturated carbocycles. The van der Waals surface area contributed by atoms with Gasteiger partial charge in [0, 0.05) is 44.7 Å². The summed E-state index contributed by atoms with van der Waals surface area (Å²) in [6, 6.07) is 16.1. The Hall–Kier alpha value is -3.02. The van der Waals surface area contributed by atoms with Gasteiger partial charge >= 0.3 is 0 Å². The molecule has 6 nitrogen and oxygen atoms in total. The number of nitrogens with one attached hydrogen (secondary N) is 1. The molecule has 1 aromatic carbocycles. The van der Waals surface area contributed by atoms with Crippen LogP contribution >= 0.6 is 0 Å². The molecule has 3 rings (SSSR count). The lowest BCUT2D eigenvalue weighted by Crippen LogP contribution is -2.38. The maximum Gasteiger partial charge on any atom is 0.194 e. The number of nitrogens with zero attached hydrogens (tertiary/aromatic N) is 4. The fourth-order valence-electron chi connectivity index (χ4n) is 2.67. The molecule has 2 heterocycles. The van der Waals surface area contributed by atoms with E-state index in [0.717, 1.165) is 29.5 Å². The van der Waals surface area contributed by atoms with Crippen LogP contribution in [0.25, 0.3) is 11.3 Å². The first-order chi connectivity index (χ1) is 12.2. The van der Waals surface area contributed by atoms with Crippen molar-refractivity contribution in [2.75, 3.05) is 14.1 Å². The molecular weight excluding hydrogens is 314 g/mol. The van der Waals surface area contributed by atoms with Gasteiger partial charge in [-0.25, -0.2) is 0 Å². The van der Waals surface area contributed by atoms with E-state index >= 15 is 0 Å². The molecule has 0 fully saturated rings. The second-order valence-electron chi connectivity index (χ2n) is 5.91. The summed E-state index contributed by atoms with van der Waals surface area (Å²) in [5.74, 6) is 1.58. The number of benzene rings is 1. The second-order valence-corrected chi connectivity index (χ2v) is 5.91. The van der Waals surface area contributed by atoms with E-state index in [1.807, 2.05) is 62.8 Å². The van der Waals surface area contributed by atoms with E-state index in [-0.39, 0.29) is 0 Å². The van der Waals surface area contributed by atoms with E-state index in [0.29, 0.717) is 6.54 Å². The average molecular weight is 337 g/mol. The van der Waals surface area contributed by atoms with Gasteiger partial charge in [0.15, 0.2) is 11.7 Å². The Balaban J connectivity index is 1.60. The van der Waals surface area contributed by atoms with Crippen LogP contribution < -0.4 is 5.32 Å². The molecule has 2 aromatic heterocycles. The lowest BCUT2D eigenvalue weighted by atomic mass is 10.1. The van der Waals surface area contributed by atoms with Crippen molar-refractivity contribution in [2.45, 2.75) is 13.1 Å². The summed E-state index contributed by atoms with van der Waals surface area (Å²) in [4.78, 5) is 6.41. The van der Waals surface area contributed by atoms with Crippen LogP contribution in [0.15, 0.2) is 64.2 Å². The maximum absolute atomic E-state index is 5.43. The first-order valence-electron chi connectivity index (χ1n) is 8.20. The number of rotatable bonds is 5. The van der Waals surface area contributed by atoms with Crippen LogP contribution in [0.2, 0.25) is 0 Å². The highest BCUT2D eigenvalue weighted by Crippen LogP contribution is 2.18. The molecule has 0 aliphatic rings. The summed E-state index contributed by atoms with van der Waals surface area (Å²) in [6.45, 7) is 1.30. The van der Waals surface area contributed by atoms with Crippen molar-refractivity contribution in [3.63, 3.8) is 0 Å². The van der Waals surface area contributed by atoms with E-state index < -0.39 is 0 Å². The minimum atomic E-state index is 0.532. The molecule has 3 aromatic rings. The topological polar surface area (TPSA) is 58.6 Å². The van der Waals surface area contributed by atoms with Gasteiger partial charge in [0.1, 0.15) is 5.69 Å². The van der Waals surface area contributed by atoms with Crippen molar-refractivity contribution in [3.05, 3.63) is 66.2 Å². The molecule has 0 unspecified atom stereocenters. The van der Waals surface area contributed by atoms with Gasteiger partial charge in [-0.05, 0) is 12.1 Å². The predicted octanol–water partition coefficient (Wildman–Crippen LogP) is 2.89. The zero-order valence-corrected chi connectivity index (χ0v) is 14.8. The quantitative estimate of drug-likeness (QED) is 0.574.